The van der Waals surface area contributed by atoms with Gasteiger partial charge in [-0.05, 0) is 49.6 Å². The molecule has 154 valence electrons. The summed E-state index contributed by atoms with van der Waals surface area (Å²) < 4.78 is 7.09. The third-order valence-corrected chi connectivity index (χ3v) is 5.86. The SMILES string of the molecule is CCCCc1noc(CSc2nc3ccccc3c(=O)n2-c2cc(C)ccc2C)n1. The zero-order valence-corrected chi connectivity index (χ0v) is 18.2. The van der Waals surface area contributed by atoms with Gasteiger partial charge in [0.05, 0.1) is 22.3 Å². The molecule has 0 saturated heterocycles. The highest BCUT2D eigenvalue weighted by molar-refractivity contribution is 7.98. The van der Waals surface area contributed by atoms with Gasteiger partial charge in [-0.1, -0.05) is 54.5 Å². The molecule has 0 aliphatic rings. The zero-order chi connectivity index (χ0) is 21.1. The number of nitrogens with zero attached hydrogens (tertiary/aromatic N) is 4. The molecule has 30 heavy (non-hydrogen) atoms. The predicted molar refractivity (Wildman–Crippen MR) is 119 cm³/mol. The quantitative estimate of drug-likeness (QED) is 0.309. The van der Waals surface area contributed by atoms with Crippen LogP contribution in [0.5, 0.6) is 0 Å². The summed E-state index contributed by atoms with van der Waals surface area (Å²) in [6.07, 6.45) is 2.93. The molecule has 0 aliphatic carbocycles. The first-order valence-corrected chi connectivity index (χ1v) is 11.1. The summed E-state index contributed by atoms with van der Waals surface area (Å²) in [4.78, 5) is 22.7. The number of aryl methyl sites for hydroxylation is 3. The van der Waals surface area contributed by atoms with Crippen molar-refractivity contribution >= 4 is 22.7 Å². The van der Waals surface area contributed by atoms with Gasteiger partial charge in [0.15, 0.2) is 11.0 Å². The van der Waals surface area contributed by atoms with E-state index in [0.29, 0.717) is 27.7 Å². The molecule has 7 heteroatoms. The second-order valence-electron chi connectivity index (χ2n) is 7.34. The van der Waals surface area contributed by atoms with Gasteiger partial charge in [0, 0.05) is 6.42 Å². The lowest BCUT2D eigenvalue weighted by Gasteiger charge is -2.15. The summed E-state index contributed by atoms with van der Waals surface area (Å²) in [5, 5.41) is 5.26. The molecule has 0 unspecified atom stereocenters. The summed E-state index contributed by atoms with van der Waals surface area (Å²) in [5.74, 6) is 1.72. The van der Waals surface area contributed by atoms with Crippen molar-refractivity contribution in [3.63, 3.8) is 0 Å². The minimum Gasteiger partial charge on any atom is -0.338 e. The molecule has 6 nitrogen and oxygen atoms in total. The highest BCUT2D eigenvalue weighted by atomic mass is 32.2. The Kier molecular flexibility index (Phi) is 5.99. The molecular weight excluding hydrogens is 396 g/mol. The molecule has 0 N–H and O–H groups in total. The van der Waals surface area contributed by atoms with Gasteiger partial charge < -0.3 is 4.52 Å². The Hall–Kier alpha value is -2.93. The van der Waals surface area contributed by atoms with E-state index in [1.807, 2.05) is 56.3 Å². The van der Waals surface area contributed by atoms with Crippen molar-refractivity contribution in [2.45, 2.75) is 50.9 Å². The normalized spacial score (nSPS) is 11.3. The molecule has 0 bridgehead atoms. The van der Waals surface area contributed by atoms with Crippen LogP contribution in [0.4, 0.5) is 0 Å². The standard InChI is InChI=1S/C23H24N4O2S/c1-4-5-10-20-25-21(29-26-20)14-30-23-24-18-9-7-6-8-17(18)22(28)27(23)19-13-15(2)11-12-16(19)3/h6-9,11-13H,4-5,10,14H2,1-3H3. The Labute approximate surface area is 179 Å². The van der Waals surface area contributed by atoms with E-state index in [-0.39, 0.29) is 5.56 Å². The van der Waals surface area contributed by atoms with Crippen LogP contribution in [0.2, 0.25) is 0 Å². The third kappa shape index (κ3) is 4.16. The average molecular weight is 421 g/mol. The van der Waals surface area contributed by atoms with Crippen molar-refractivity contribution in [3.05, 3.63) is 75.7 Å². The van der Waals surface area contributed by atoms with Crippen molar-refractivity contribution in [3.8, 4) is 5.69 Å². The predicted octanol–water partition coefficient (Wildman–Crippen LogP) is 5.02. The summed E-state index contributed by atoms with van der Waals surface area (Å²) in [6, 6.07) is 13.5. The van der Waals surface area contributed by atoms with E-state index in [9.17, 15) is 4.79 Å². The molecular formula is C23H24N4O2S. The lowest BCUT2D eigenvalue weighted by molar-refractivity contribution is 0.384. The maximum absolute atomic E-state index is 13.4. The molecule has 0 aliphatic heterocycles. The van der Waals surface area contributed by atoms with Crippen LogP contribution in [0.15, 0.2) is 56.9 Å². The number of hydrogen-bond acceptors (Lipinski definition) is 6. The van der Waals surface area contributed by atoms with Gasteiger partial charge in [-0.25, -0.2) is 4.98 Å². The van der Waals surface area contributed by atoms with E-state index in [4.69, 9.17) is 9.51 Å². The number of fused-ring (bicyclic) bond motifs is 1. The van der Waals surface area contributed by atoms with Crippen molar-refractivity contribution in [2.75, 3.05) is 0 Å². The van der Waals surface area contributed by atoms with Crippen LogP contribution in [0.1, 0.15) is 42.6 Å². The van der Waals surface area contributed by atoms with Gasteiger partial charge in [-0.15, -0.1) is 0 Å². The molecule has 0 spiro atoms. The number of thioether (sulfide) groups is 1. The molecule has 0 radical (unpaired) electrons. The van der Waals surface area contributed by atoms with E-state index >= 15 is 0 Å². The Morgan fingerprint density at radius 1 is 1.10 bits per heavy atom. The molecule has 0 saturated carbocycles. The van der Waals surface area contributed by atoms with Crippen LogP contribution < -0.4 is 5.56 Å². The van der Waals surface area contributed by atoms with Crippen LogP contribution in [0.25, 0.3) is 16.6 Å². The van der Waals surface area contributed by atoms with Crippen molar-refractivity contribution in [1.29, 1.82) is 0 Å². The minimum atomic E-state index is -0.0778. The van der Waals surface area contributed by atoms with Gasteiger partial charge >= 0.3 is 0 Å². The molecule has 2 aromatic heterocycles. The number of rotatable bonds is 7. The smallest absolute Gasteiger partial charge is 0.266 e. The van der Waals surface area contributed by atoms with E-state index in [1.54, 1.807) is 4.57 Å². The van der Waals surface area contributed by atoms with E-state index in [1.165, 1.54) is 11.8 Å². The van der Waals surface area contributed by atoms with Gasteiger partial charge in [-0.3, -0.25) is 9.36 Å². The van der Waals surface area contributed by atoms with E-state index in [0.717, 1.165) is 41.9 Å². The first kappa shape index (κ1) is 20.3. The largest absolute Gasteiger partial charge is 0.338 e. The molecule has 2 aromatic carbocycles. The van der Waals surface area contributed by atoms with Crippen LogP contribution in [-0.4, -0.2) is 19.7 Å². The lowest BCUT2D eigenvalue weighted by atomic mass is 10.1. The van der Waals surface area contributed by atoms with Crippen LogP contribution >= 0.6 is 11.8 Å². The lowest BCUT2D eigenvalue weighted by Crippen LogP contribution is -2.22. The van der Waals surface area contributed by atoms with Crippen LogP contribution in [0, 0.1) is 13.8 Å². The van der Waals surface area contributed by atoms with E-state index in [2.05, 4.69) is 17.1 Å². The molecule has 0 amide bonds. The molecule has 2 heterocycles. The number of benzene rings is 2. The fraction of sp³-hybridized carbons (Fsp3) is 0.304. The molecule has 0 atom stereocenters. The van der Waals surface area contributed by atoms with Crippen molar-refractivity contribution in [1.82, 2.24) is 19.7 Å². The Morgan fingerprint density at radius 3 is 2.77 bits per heavy atom. The fourth-order valence-electron chi connectivity index (χ4n) is 3.29. The summed E-state index contributed by atoms with van der Waals surface area (Å²) in [7, 11) is 0. The summed E-state index contributed by atoms with van der Waals surface area (Å²) in [5.41, 5.74) is 3.55. The van der Waals surface area contributed by atoms with Gasteiger partial charge in [0.25, 0.3) is 5.56 Å². The van der Waals surface area contributed by atoms with Crippen LogP contribution in [-0.2, 0) is 12.2 Å². The maximum atomic E-state index is 13.4. The van der Waals surface area contributed by atoms with Gasteiger partial charge in [-0.2, -0.15) is 4.98 Å². The summed E-state index contributed by atoms with van der Waals surface area (Å²) in [6.45, 7) is 6.16. The number of para-hydroxylation sites is 1. The van der Waals surface area contributed by atoms with E-state index < -0.39 is 0 Å². The number of aromatic nitrogens is 4. The Morgan fingerprint density at radius 2 is 1.93 bits per heavy atom. The number of hydrogen-bond donors (Lipinski definition) is 0. The number of unbranched alkanes of at least 4 members (excludes halogenated alkanes) is 1. The first-order valence-electron chi connectivity index (χ1n) is 10.1. The van der Waals surface area contributed by atoms with Gasteiger partial charge in [0.2, 0.25) is 5.89 Å². The minimum absolute atomic E-state index is 0.0778. The van der Waals surface area contributed by atoms with Gasteiger partial charge in [0.1, 0.15) is 0 Å². The second kappa shape index (κ2) is 8.83. The Bertz CT molecular complexity index is 1250. The average Bonchev–Trinajstić information content (AvgIpc) is 3.21. The first-order chi connectivity index (χ1) is 14.6. The van der Waals surface area contributed by atoms with Crippen molar-refractivity contribution in [2.24, 2.45) is 0 Å². The summed E-state index contributed by atoms with van der Waals surface area (Å²) >= 11 is 1.43. The highest BCUT2D eigenvalue weighted by Gasteiger charge is 2.16. The second-order valence-corrected chi connectivity index (χ2v) is 8.28. The topological polar surface area (TPSA) is 73.8 Å². The zero-order valence-electron chi connectivity index (χ0n) is 17.4. The highest BCUT2D eigenvalue weighted by Crippen LogP contribution is 2.26. The third-order valence-electron chi connectivity index (χ3n) is 4.94. The maximum Gasteiger partial charge on any atom is 0.266 e. The monoisotopic (exact) mass is 420 g/mol. The van der Waals surface area contributed by atoms with Crippen LogP contribution in [0.3, 0.4) is 0 Å². The molecule has 4 aromatic rings. The fourth-order valence-corrected chi connectivity index (χ4v) is 4.14. The van der Waals surface area contributed by atoms with Crippen molar-refractivity contribution < 1.29 is 4.52 Å². The molecule has 4 rings (SSSR count). The Balaban J connectivity index is 1.75. The molecule has 0 fully saturated rings.